The SMILES string of the molecule is CCC12OC13OC31CCC2C1. The fourth-order valence-corrected chi connectivity index (χ4v) is 3.81. The van der Waals surface area contributed by atoms with Gasteiger partial charge in [0.2, 0.25) is 5.79 Å². The Morgan fingerprint density at radius 3 is 2.91 bits per heavy atom. The van der Waals surface area contributed by atoms with E-state index >= 15 is 0 Å². The zero-order valence-corrected chi connectivity index (χ0v) is 6.72. The highest BCUT2D eigenvalue weighted by molar-refractivity contribution is 5.40. The van der Waals surface area contributed by atoms with Crippen molar-refractivity contribution in [3.05, 3.63) is 0 Å². The molecular formula is C9H12O2. The summed E-state index contributed by atoms with van der Waals surface area (Å²) < 4.78 is 11.6. The third kappa shape index (κ3) is 0.295. The molecule has 2 aliphatic carbocycles. The lowest BCUT2D eigenvalue weighted by atomic mass is 9.86. The molecule has 2 heterocycles. The molecule has 2 saturated heterocycles. The normalized spacial score (nSPS) is 74.5. The van der Waals surface area contributed by atoms with E-state index in [9.17, 15) is 0 Å². The summed E-state index contributed by atoms with van der Waals surface area (Å²) >= 11 is 0. The third-order valence-electron chi connectivity index (χ3n) is 4.40. The van der Waals surface area contributed by atoms with Gasteiger partial charge < -0.3 is 9.47 Å². The van der Waals surface area contributed by atoms with Crippen LogP contribution >= 0.6 is 0 Å². The van der Waals surface area contributed by atoms with Crippen molar-refractivity contribution >= 4 is 0 Å². The van der Waals surface area contributed by atoms with E-state index < -0.39 is 0 Å². The summed E-state index contributed by atoms with van der Waals surface area (Å²) in [5, 5.41) is 0. The molecule has 11 heavy (non-hydrogen) atoms. The van der Waals surface area contributed by atoms with Crippen molar-refractivity contribution in [1.82, 2.24) is 0 Å². The summed E-state index contributed by atoms with van der Waals surface area (Å²) in [6.07, 6.45) is 5.05. The van der Waals surface area contributed by atoms with E-state index in [0.29, 0.717) is 0 Å². The van der Waals surface area contributed by atoms with Gasteiger partial charge in [-0.2, -0.15) is 0 Å². The number of hydrogen-bond acceptors (Lipinski definition) is 2. The summed E-state index contributed by atoms with van der Waals surface area (Å²) in [6.45, 7) is 2.23. The van der Waals surface area contributed by atoms with Crippen molar-refractivity contribution in [2.75, 3.05) is 0 Å². The van der Waals surface area contributed by atoms with Crippen LogP contribution < -0.4 is 0 Å². The highest BCUT2D eigenvalue weighted by Gasteiger charge is 3.00. The van der Waals surface area contributed by atoms with Crippen LogP contribution in [0.4, 0.5) is 0 Å². The summed E-state index contributed by atoms with van der Waals surface area (Å²) in [4.78, 5) is 0. The summed E-state index contributed by atoms with van der Waals surface area (Å²) in [5.74, 6) is 0.804. The largest absolute Gasteiger partial charge is 0.332 e. The molecule has 0 aromatic rings. The molecule has 4 aliphatic rings. The van der Waals surface area contributed by atoms with E-state index in [1.54, 1.807) is 0 Å². The first-order valence-corrected chi connectivity index (χ1v) is 4.69. The molecule has 2 nitrogen and oxygen atoms in total. The molecule has 0 N–H and O–H groups in total. The summed E-state index contributed by atoms with van der Waals surface area (Å²) in [5.41, 5.74) is 0.429. The zero-order valence-electron chi connectivity index (χ0n) is 6.72. The van der Waals surface area contributed by atoms with Gasteiger partial charge in [0.1, 0.15) is 11.2 Å². The smallest absolute Gasteiger partial charge is 0.229 e. The summed E-state index contributed by atoms with van der Waals surface area (Å²) in [6, 6.07) is 0. The van der Waals surface area contributed by atoms with Crippen LogP contribution in [-0.2, 0) is 9.47 Å². The van der Waals surface area contributed by atoms with Gasteiger partial charge in [-0.3, -0.25) is 0 Å². The van der Waals surface area contributed by atoms with Crippen molar-refractivity contribution in [3.8, 4) is 0 Å². The first kappa shape index (κ1) is 5.55. The molecular weight excluding hydrogens is 140 g/mol. The van der Waals surface area contributed by atoms with E-state index in [0.717, 1.165) is 12.3 Å². The Kier molecular flexibility index (Phi) is 0.549. The van der Waals surface area contributed by atoms with E-state index in [2.05, 4.69) is 6.92 Å². The van der Waals surface area contributed by atoms with Gasteiger partial charge in [-0.05, 0) is 31.6 Å². The Hall–Kier alpha value is -0.0800. The molecule has 0 aromatic heterocycles. The van der Waals surface area contributed by atoms with Crippen LogP contribution in [-0.4, -0.2) is 17.0 Å². The molecule has 4 rings (SSSR count). The predicted molar refractivity (Wildman–Crippen MR) is 38.0 cm³/mol. The van der Waals surface area contributed by atoms with Crippen molar-refractivity contribution in [1.29, 1.82) is 0 Å². The summed E-state index contributed by atoms with van der Waals surface area (Å²) in [7, 11) is 0. The van der Waals surface area contributed by atoms with Gasteiger partial charge in [0.05, 0.1) is 0 Å². The second-order valence-corrected chi connectivity index (χ2v) is 4.50. The average Bonchev–Trinajstić information content (AvgIpc) is 2.77. The minimum Gasteiger partial charge on any atom is -0.332 e. The van der Waals surface area contributed by atoms with Gasteiger partial charge in [0.15, 0.2) is 0 Å². The highest BCUT2D eigenvalue weighted by Crippen LogP contribution is 2.85. The Balaban J connectivity index is 1.91. The van der Waals surface area contributed by atoms with Gasteiger partial charge in [-0.15, -0.1) is 0 Å². The molecule has 2 aliphatic heterocycles. The van der Waals surface area contributed by atoms with Crippen molar-refractivity contribution in [3.63, 3.8) is 0 Å². The topological polar surface area (TPSA) is 25.1 Å². The van der Waals surface area contributed by atoms with Crippen LogP contribution in [0.5, 0.6) is 0 Å². The molecule has 2 heteroatoms. The van der Waals surface area contributed by atoms with Gasteiger partial charge in [-0.25, -0.2) is 0 Å². The first-order valence-electron chi connectivity index (χ1n) is 4.69. The lowest BCUT2D eigenvalue weighted by molar-refractivity contribution is 0.198. The quantitative estimate of drug-likeness (QED) is 0.531. The fourth-order valence-electron chi connectivity index (χ4n) is 3.81. The van der Waals surface area contributed by atoms with Gasteiger partial charge >= 0.3 is 0 Å². The Labute approximate surface area is 65.9 Å². The second kappa shape index (κ2) is 1.09. The zero-order chi connectivity index (χ0) is 7.32. The van der Waals surface area contributed by atoms with Crippen LogP contribution in [0, 0.1) is 5.92 Å². The molecule has 0 aromatic carbocycles. The van der Waals surface area contributed by atoms with Gasteiger partial charge in [0, 0.05) is 0 Å². The van der Waals surface area contributed by atoms with E-state index in [-0.39, 0.29) is 17.0 Å². The molecule has 4 atom stereocenters. The van der Waals surface area contributed by atoms with Crippen molar-refractivity contribution in [2.45, 2.75) is 49.6 Å². The second-order valence-electron chi connectivity index (χ2n) is 4.50. The predicted octanol–water partition coefficient (Wildman–Crippen LogP) is 1.44. The minimum absolute atomic E-state index is 0.0301. The van der Waals surface area contributed by atoms with Crippen LogP contribution in [0.3, 0.4) is 0 Å². The third-order valence-corrected chi connectivity index (χ3v) is 4.40. The molecule has 0 amide bonds. The number of hydrogen-bond donors (Lipinski definition) is 0. The average molecular weight is 152 g/mol. The van der Waals surface area contributed by atoms with E-state index in [1.165, 1.54) is 19.3 Å². The lowest BCUT2D eigenvalue weighted by Crippen LogP contribution is -2.23. The molecule has 2 spiro atoms. The Bertz CT molecular complexity index is 264. The standard InChI is InChI=1S/C9H12O2/c1-2-8-6-3-4-7(5-6)9(8,10-7)11-8/h6H,2-5H2,1H3. The van der Waals surface area contributed by atoms with Crippen molar-refractivity contribution in [2.24, 2.45) is 5.92 Å². The fraction of sp³-hybridized carbons (Fsp3) is 1.00. The number of fused-ring (bicyclic) bond motifs is 2. The number of epoxide rings is 2. The molecule has 0 radical (unpaired) electrons. The Morgan fingerprint density at radius 1 is 1.45 bits per heavy atom. The highest BCUT2D eigenvalue weighted by atomic mass is 16.9. The first-order chi connectivity index (χ1) is 5.29. The molecule has 4 fully saturated rings. The van der Waals surface area contributed by atoms with Crippen LogP contribution in [0.1, 0.15) is 32.6 Å². The van der Waals surface area contributed by atoms with E-state index in [4.69, 9.17) is 9.47 Å². The monoisotopic (exact) mass is 152 g/mol. The maximum Gasteiger partial charge on any atom is 0.229 e. The van der Waals surface area contributed by atoms with Crippen LogP contribution in [0.25, 0.3) is 0 Å². The molecule has 4 unspecified atom stereocenters. The molecule has 60 valence electrons. The number of rotatable bonds is 1. The lowest BCUT2D eigenvalue weighted by Gasteiger charge is -2.14. The Morgan fingerprint density at radius 2 is 2.36 bits per heavy atom. The minimum atomic E-state index is -0.0301. The molecule has 2 bridgehead atoms. The maximum atomic E-state index is 5.81. The van der Waals surface area contributed by atoms with Gasteiger partial charge in [-0.1, -0.05) is 6.92 Å². The van der Waals surface area contributed by atoms with Gasteiger partial charge in [0.25, 0.3) is 0 Å². The van der Waals surface area contributed by atoms with Crippen LogP contribution in [0.15, 0.2) is 0 Å². The maximum absolute atomic E-state index is 5.81. The number of ether oxygens (including phenoxy) is 2. The van der Waals surface area contributed by atoms with Crippen LogP contribution in [0.2, 0.25) is 0 Å². The van der Waals surface area contributed by atoms with Crippen molar-refractivity contribution < 1.29 is 9.47 Å². The van der Waals surface area contributed by atoms with E-state index in [1.807, 2.05) is 0 Å². The molecule has 2 saturated carbocycles.